The molecule has 0 spiro atoms. The Morgan fingerprint density at radius 3 is 2.30 bits per heavy atom. The number of aryl methyl sites for hydroxylation is 2. The van der Waals surface area contributed by atoms with E-state index in [1.807, 2.05) is 37.9 Å². The van der Waals surface area contributed by atoms with Crippen molar-refractivity contribution in [1.82, 2.24) is 10.2 Å². The quantitative estimate of drug-likeness (QED) is 0.782. The molecule has 0 aromatic heterocycles. The first-order chi connectivity index (χ1) is 12.5. The number of piperidine rings is 1. The minimum atomic E-state index is -0.496. The Balaban J connectivity index is 0.00000261. The summed E-state index contributed by atoms with van der Waals surface area (Å²) < 4.78 is 0. The van der Waals surface area contributed by atoms with Gasteiger partial charge in [0.05, 0.1) is 0 Å². The molecule has 2 amide bonds. The standard InChI is InChI=1S/C21H31N3O2.ClH/c1-15-12-16(2)14-18(13-15)24-11-7-19(21(24)26)20(25)23-9-5-17(6-10-23)4-8-22-3;/h12-14,17,19,22H,4-11H2,1-3H3;1H. The van der Waals surface area contributed by atoms with Gasteiger partial charge in [-0.25, -0.2) is 0 Å². The summed E-state index contributed by atoms with van der Waals surface area (Å²) in [6.07, 6.45) is 3.90. The molecule has 1 N–H and O–H groups in total. The van der Waals surface area contributed by atoms with Crippen molar-refractivity contribution in [3.63, 3.8) is 0 Å². The zero-order valence-electron chi connectivity index (χ0n) is 16.7. The van der Waals surface area contributed by atoms with Crippen LogP contribution in [0, 0.1) is 25.7 Å². The van der Waals surface area contributed by atoms with E-state index in [2.05, 4.69) is 11.4 Å². The summed E-state index contributed by atoms with van der Waals surface area (Å²) in [5, 5.41) is 3.20. The molecule has 1 atom stereocenters. The molecule has 1 aromatic carbocycles. The van der Waals surface area contributed by atoms with Crippen molar-refractivity contribution in [2.45, 2.75) is 39.5 Å². The minimum absolute atomic E-state index is 0. The maximum Gasteiger partial charge on any atom is 0.239 e. The largest absolute Gasteiger partial charge is 0.342 e. The average Bonchev–Trinajstić information content (AvgIpc) is 3.00. The van der Waals surface area contributed by atoms with Crippen molar-refractivity contribution < 1.29 is 9.59 Å². The SMILES string of the molecule is CNCCC1CCN(C(=O)C2CCN(c3cc(C)cc(C)c3)C2=O)CC1.Cl. The lowest BCUT2D eigenvalue weighted by atomic mass is 9.92. The topological polar surface area (TPSA) is 52.7 Å². The van der Waals surface area contributed by atoms with Crippen LogP contribution in [0.2, 0.25) is 0 Å². The zero-order valence-corrected chi connectivity index (χ0v) is 17.5. The number of halogens is 1. The molecule has 2 heterocycles. The van der Waals surface area contributed by atoms with E-state index >= 15 is 0 Å². The maximum absolute atomic E-state index is 12.9. The normalized spacial score (nSPS) is 20.7. The van der Waals surface area contributed by atoms with Gasteiger partial charge in [0.2, 0.25) is 11.8 Å². The minimum Gasteiger partial charge on any atom is -0.342 e. The molecule has 3 rings (SSSR count). The van der Waals surface area contributed by atoms with Crippen LogP contribution < -0.4 is 10.2 Å². The average molecular weight is 394 g/mol. The van der Waals surface area contributed by atoms with Crippen LogP contribution in [-0.4, -0.2) is 49.9 Å². The van der Waals surface area contributed by atoms with Gasteiger partial charge >= 0.3 is 0 Å². The van der Waals surface area contributed by atoms with Crippen molar-refractivity contribution in [1.29, 1.82) is 0 Å². The van der Waals surface area contributed by atoms with Crippen LogP contribution in [0.5, 0.6) is 0 Å². The van der Waals surface area contributed by atoms with Gasteiger partial charge in [-0.2, -0.15) is 0 Å². The number of carbonyl (C=O) groups is 2. The molecule has 2 aliphatic rings. The van der Waals surface area contributed by atoms with Crippen LogP contribution in [0.15, 0.2) is 18.2 Å². The summed E-state index contributed by atoms with van der Waals surface area (Å²) >= 11 is 0. The molecule has 2 saturated heterocycles. The van der Waals surface area contributed by atoms with Crippen molar-refractivity contribution in [2.75, 3.05) is 38.1 Å². The first-order valence-electron chi connectivity index (χ1n) is 9.82. The van der Waals surface area contributed by atoms with Gasteiger partial charge in [0, 0.05) is 25.3 Å². The van der Waals surface area contributed by atoms with Crippen LogP contribution in [-0.2, 0) is 9.59 Å². The predicted octanol–water partition coefficient (Wildman–Crippen LogP) is 2.93. The first kappa shape index (κ1) is 21.7. The smallest absolute Gasteiger partial charge is 0.239 e. The summed E-state index contributed by atoms with van der Waals surface area (Å²) in [4.78, 5) is 29.5. The highest BCUT2D eigenvalue weighted by Crippen LogP contribution is 2.29. The summed E-state index contributed by atoms with van der Waals surface area (Å²) in [5.41, 5.74) is 3.21. The van der Waals surface area contributed by atoms with Crippen LogP contribution >= 0.6 is 12.4 Å². The Hall–Kier alpha value is -1.59. The van der Waals surface area contributed by atoms with Crippen molar-refractivity contribution in [3.8, 4) is 0 Å². The molecule has 1 aromatic rings. The Morgan fingerprint density at radius 2 is 1.70 bits per heavy atom. The Kier molecular flexibility index (Phi) is 7.68. The molecule has 1 unspecified atom stereocenters. The van der Waals surface area contributed by atoms with Crippen LogP contribution in [0.25, 0.3) is 0 Å². The van der Waals surface area contributed by atoms with Gasteiger partial charge in [-0.15, -0.1) is 12.4 Å². The second kappa shape index (κ2) is 9.56. The zero-order chi connectivity index (χ0) is 18.7. The number of nitrogens with one attached hydrogen (secondary N) is 1. The van der Waals surface area contributed by atoms with Gasteiger partial charge in [0.15, 0.2) is 0 Å². The fourth-order valence-corrected chi connectivity index (χ4v) is 4.28. The molecule has 2 fully saturated rings. The summed E-state index contributed by atoms with van der Waals surface area (Å²) in [7, 11) is 1.98. The van der Waals surface area contributed by atoms with E-state index in [1.165, 1.54) is 6.42 Å². The lowest BCUT2D eigenvalue weighted by molar-refractivity contribution is -0.141. The Labute approximate surface area is 168 Å². The van der Waals surface area contributed by atoms with E-state index in [0.717, 1.165) is 49.3 Å². The van der Waals surface area contributed by atoms with E-state index in [-0.39, 0.29) is 24.2 Å². The molecular weight excluding hydrogens is 362 g/mol. The molecule has 150 valence electrons. The Bertz CT molecular complexity index is 651. The third-order valence-corrected chi connectivity index (χ3v) is 5.75. The number of rotatable bonds is 5. The van der Waals surface area contributed by atoms with Gasteiger partial charge in [-0.3, -0.25) is 9.59 Å². The van der Waals surface area contributed by atoms with E-state index in [9.17, 15) is 9.59 Å². The third kappa shape index (κ3) is 5.02. The number of anilines is 1. The lowest BCUT2D eigenvalue weighted by Gasteiger charge is -2.33. The third-order valence-electron chi connectivity index (χ3n) is 5.75. The van der Waals surface area contributed by atoms with Crippen molar-refractivity contribution in [2.24, 2.45) is 11.8 Å². The molecule has 0 aliphatic carbocycles. The fraction of sp³-hybridized carbons (Fsp3) is 0.619. The van der Waals surface area contributed by atoms with Crippen molar-refractivity contribution >= 4 is 29.9 Å². The van der Waals surface area contributed by atoms with Gasteiger partial charge in [0.25, 0.3) is 0 Å². The molecule has 0 radical (unpaired) electrons. The Morgan fingerprint density at radius 1 is 1.07 bits per heavy atom. The molecule has 0 saturated carbocycles. The van der Waals surface area contributed by atoms with E-state index < -0.39 is 5.92 Å². The predicted molar refractivity (Wildman–Crippen MR) is 111 cm³/mol. The number of hydrogen-bond acceptors (Lipinski definition) is 3. The van der Waals surface area contributed by atoms with E-state index in [4.69, 9.17) is 0 Å². The molecule has 5 nitrogen and oxygen atoms in total. The van der Waals surface area contributed by atoms with Gasteiger partial charge in [-0.1, -0.05) is 6.07 Å². The number of amides is 2. The van der Waals surface area contributed by atoms with Gasteiger partial charge < -0.3 is 15.1 Å². The number of nitrogens with zero attached hydrogens (tertiary/aromatic N) is 2. The van der Waals surface area contributed by atoms with Crippen molar-refractivity contribution in [3.05, 3.63) is 29.3 Å². The van der Waals surface area contributed by atoms with E-state index in [1.54, 1.807) is 4.90 Å². The van der Waals surface area contributed by atoms with Gasteiger partial charge in [-0.05, 0) is 82.3 Å². The summed E-state index contributed by atoms with van der Waals surface area (Å²) in [6.45, 7) is 7.33. The van der Waals surface area contributed by atoms with E-state index in [0.29, 0.717) is 18.9 Å². The number of carbonyl (C=O) groups excluding carboxylic acids is 2. The van der Waals surface area contributed by atoms with Gasteiger partial charge in [0.1, 0.15) is 5.92 Å². The monoisotopic (exact) mass is 393 g/mol. The highest BCUT2D eigenvalue weighted by molar-refractivity contribution is 6.09. The molecule has 2 aliphatic heterocycles. The summed E-state index contributed by atoms with van der Waals surface area (Å²) in [5.74, 6) is 0.202. The molecular formula is C21H32ClN3O2. The number of likely N-dealkylation sites (tertiary alicyclic amines) is 1. The summed E-state index contributed by atoms with van der Waals surface area (Å²) in [6, 6.07) is 6.17. The molecule has 6 heteroatoms. The first-order valence-corrected chi connectivity index (χ1v) is 9.82. The van der Waals surface area contributed by atoms with Crippen LogP contribution in [0.1, 0.15) is 36.8 Å². The fourth-order valence-electron chi connectivity index (χ4n) is 4.28. The number of benzene rings is 1. The maximum atomic E-state index is 12.9. The second-order valence-corrected chi connectivity index (χ2v) is 7.84. The highest BCUT2D eigenvalue weighted by atomic mass is 35.5. The van der Waals surface area contributed by atoms with Crippen LogP contribution in [0.4, 0.5) is 5.69 Å². The van der Waals surface area contributed by atoms with Crippen LogP contribution in [0.3, 0.4) is 0 Å². The highest BCUT2D eigenvalue weighted by Gasteiger charge is 2.40. The molecule has 27 heavy (non-hydrogen) atoms. The number of hydrogen-bond donors (Lipinski definition) is 1. The molecule has 0 bridgehead atoms. The lowest BCUT2D eigenvalue weighted by Crippen LogP contribution is -2.44. The second-order valence-electron chi connectivity index (χ2n) is 7.84.